The summed E-state index contributed by atoms with van der Waals surface area (Å²) >= 11 is 0. The summed E-state index contributed by atoms with van der Waals surface area (Å²) in [5, 5.41) is 0.508. The van der Waals surface area contributed by atoms with Crippen LogP contribution in [0.25, 0.3) is 10.9 Å². The smallest absolute Gasteiger partial charge is 0.361 e. The molecule has 1 aromatic heterocycles. The number of Topliss-reactive ketones (excluding diaryl/α,β-unsaturated/α-hetero) is 1. The molecular weight excluding hydrogens is 310 g/mol. The number of carbonyl (C=O) groups excluding carboxylic acids is 1. The Morgan fingerprint density at radius 1 is 1.23 bits per heavy atom. The Hall–Kier alpha value is -2.19. The lowest BCUT2D eigenvalue weighted by Gasteiger charge is -2.15. The van der Waals surface area contributed by atoms with Gasteiger partial charge in [-0.05, 0) is 44.9 Å². The average Bonchev–Trinajstić information content (AvgIpc) is 2.31. The second-order valence-corrected chi connectivity index (χ2v) is 6.11. The van der Waals surface area contributed by atoms with Crippen molar-refractivity contribution in [3.8, 4) is 5.75 Å². The van der Waals surface area contributed by atoms with Gasteiger partial charge in [0.2, 0.25) is 0 Å². The van der Waals surface area contributed by atoms with E-state index in [1.807, 2.05) is 0 Å². The number of H-pyrrole nitrogens is 1. The minimum Gasteiger partial charge on any atom is -0.361 e. The molecule has 2 N–H and O–H groups in total. The Kier molecular flexibility index (Phi) is 3.84. The van der Waals surface area contributed by atoms with Gasteiger partial charge >= 0.3 is 10.4 Å². The quantitative estimate of drug-likeness (QED) is 0.657. The summed E-state index contributed by atoms with van der Waals surface area (Å²) in [6, 6.07) is 1.53. The van der Waals surface area contributed by atoms with E-state index in [-0.39, 0.29) is 11.3 Å². The predicted molar refractivity (Wildman–Crippen MR) is 81.0 cm³/mol. The monoisotopic (exact) mass is 325 g/mol. The first-order valence-corrected chi connectivity index (χ1v) is 7.74. The lowest BCUT2D eigenvalue weighted by Crippen LogP contribution is -2.19. The van der Waals surface area contributed by atoms with E-state index in [0.29, 0.717) is 27.6 Å². The highest BCUT2D eigenvalue weighted by Crippen LogP contribution is 2.33. The Balaban J connectivity index is 2.95. The van der Waals surface area contributed by atoms with Crippen molar-refractivity contribution >= 4 is 27.1 Å². The molecule has 0 atom stereocenters. The van der Waals surface area contributed by atoms with Crippen molar-refractivity contribution in [3.05, 3.63) is 38.7 Å². The van der Waals surface area contributed by atoms with Gasteiger partial charge in [0.1, 0.15) is 0 Å². The molecule has 1 heterocycles. The first kappa shape index (κ1) is 16.2. The van der Waals surface area contributed by atoms with Gasteiger partial charge in [-0.25, -0.2) is 0 Å². The van der Waals surface area contributed by atoms with Crippen LogP contribution in [-0.4, -0.2) is 23.7 Å². The molecule has 1 aromatic carbocycles. The zero-order valence-corrected chi connectivity index (χ0v) is 13.3. The summed E-state index contributed by atoms with van der Waals surface area (Å²) in [5.74, 6) is -0.419. The first-order valence-electron chi connectivity index (χ1n) is 6.37. The molecule has 0 unspecified atom stereocenters. The van der Waals surface area contributed by atoms with Crippen molar-refractivity contribution in [2.75, 3.05) is 0 Å². The van der Waals surface area contributed by atoms with Gasteiger partial charge in [-0.2, -0.15) is 8.42 Å². The van der Waals surface area contributed by atoms with Gasteiger partial charge in [-0.1, -0.05) is 0 Å². The molecule has 0 saturated heterocycles. The minimum atomic E-state index is -4.68. The van der Waals surface area contributed by atoms with Crippen molar-refractivity contribution in [1.82, 2.24) is 4.98 Å². The lowest BCUT2D eigenvalue weighted by atomic mass is 9.96. The number of ketones is 1. The van der Waals surface area contributed by atoms with Crippen LogP contribution in [0.3, 0.4) is 0 Å². The van der Waals surface area contributed by atoms with Gasteiger partial charge in [-0.3, -0.25) is 14.1 Å². The first-order chi connectivity index (χ1) is 10.0. The second-order valence-electron chi connectivity index (χ2n) is 5.09. The molecular formula is C14H15NO6S. The van der Waals surface area contributed by atoms with E-state index in [1.165, 1.54) is 13.0 Å². The zero-order chi connectivity index (χ0) is 16.8. The molecule has 8 heteroatoms. The van der Waals surface area contributed by atoms with Gasteiger partial charge < -0.3 is 9.17 Å². The van der Waals surface area contributed by atoms with E-state index in [2.05, 4.69) is 9.17 Å². The van der Waals surface area contributed by atoms with E-state index < -0.39 is 21.7 Å². The van der Waals surface area contributed by atoms with Crippen molar-refractivity contribution in [2.24, 2.45) is 0 Å². The lowest BCUT2D eigenvalue weighted by molar-refractivity contribution is 0.101. The van der Waals surface area contributed by atoms with E-state index in [9.17, 15) is 18.0 Å². The topological polar surface area (TPSA) is 114 Å². The molecule has 0 saturated carbocycles. The van der Waals surface area contributed by atoms with E-state index in [1.54, 1.807) is 20.8 Å². The van der Waals surface area contributed by atoms with Crippen molar-refractivity contribution in [2.45, 2.75) is 27.7 Å². The standard InChI is InChI=1S/C14H15NO6S/c1-6-5-10-11(8(3)13(6)21-22(18,19)20)7(2)12(9(4)16)14(17)15-10/h5H,1-4H3,(H,15,17)(H,18,19,20). The predicted octanol–water partition coefficient (Wildman–Crippen LogP) is 1.84. The maximum Gasteiger partial charge on any atom is 0.446 e. The summed E-state index contributed by atoms with van der Waals surface area (Å²) in [7, 11) is -4.68. The number of nitrogens with one attached hydrogen (secondary N) is 1. The zero-order valence-electron chi connectivity index (χ0n) is 12.5. The maximum atomic E-state index is 12.0. The normalized spacial score (nSPS) is 11.7. The highest BCUT2D eigenvalue weighted by Gasteiger charge is 2.20. The van der Waals surface area contributed by atoms with Crippen LogP contribution in [0.4, 0.5) is 0 Å². The van der Waals surface area contributed by atoms with Crippen LogP contribution in [0.2, 0.25) is 0 Å². The largest absolute Gasteiger partial charge is 0.446 e. The Bertz CT molecular complexity index is 956. The molecule has 118 valence electrons. The number of pyridine rings is 1. The second kappa shape index (κ2) is 5.22. The van der Waals surface area contributed by atoms with E-state index in [4.69, 9.17) is 4.55 Å². The van der Waals surface area contributed by atoms with Crippen LogP contribution < -0.4 is 9.74 Å². The number of aryl methyl sites for hydroxylation is 3. The fourth-order valence-corrected chi connectivity index (χ4v) is 3.15. The number of fused-ring (bicyclic) bond motifs is 1. The molecule has 0 aliphatic heterocycles. The number of hydrogen-bond donors (Lipinski definition) is 2. The summed E-state index contributed by atoms with van der Waals surface area (Å²) in [5.41, 5.74) is 1.24. The van der Waals surface area contributed by atoms with Gasteiger partial charge in [0.05, 0.1) is 5.56 Å². The summed E-state index contributed by atoms with van der Waals surface area (Å²) < 4.78 is 35.4. The van der Waals surface area contributed by atoms with Crippen LogP contribution >= 0.6 is 0 Å². The Labute approximate surface area is 126 Å². The molecule has 0 fully saturated rings. The number of rotatable bonds is 3. The molecule has 0 spiro atoms. The molecule has 2 rings (SSSR count). The third-order valence-corrected chi connectivity index (χ3v) is 3.85. The maximum absolute atomic E-state index is 12.0. The summed E-state index contributed by atoms with van der Waals surface area (Å²) in [4.78, 5) is 26.2. The van der Waals surface area contributed by atoms with Crippen LogP contribution in [0, 0.1) is 20.8 Å². The SMILES string of the molecule is CC(=O)c1c(C)c2c(C)c(OS(=O)(=O)O)c(C)cc2[nH]c1=O. The molecule has 0 aliphatic rings. The van der Waals surface area contributed by atoms with Crippen LogP contribution in [-0.2, 0) is 10.4 Å². The fourth-order valence-electron chi connectivity index (χ4n) is 2.68. The molecule has 0 amide bonds. The van der Waals surface area contributed by atoms with Crippen molar-refractivity contribution < 1.29 is 21.9 Å². The third-order valence-electron chi connectivity index (χ3n) is 3.47. The minimum absolute atomic E-state index is 0.0114. The van der Waals surface area contributed by atoms with Crippen LogP contribution in [0.1, 0.15) is 34.0 Å². The molecule has 0 radical (unpaired) electrons. The molecule has 0 bridgehead atoms. The number of aromatic amines is 1. The van der Waals surface area contributed by atoms with Gasteiger partial charge in [0.25, 0.3) is 5.56 Å². The Morgan fingerprint density at radius 3 is 2.32 bits per heavy atom. The number of hydrogen-bond acceptors (Lipinski definition) is 5. The van der Waals surface area contributed by atoms with E-state index >= 15 is 0 Å². The van der Waals surface area contributed by atoms with Gasteiger partial charge in [0, 0.05) is 16.5 Å². The average molecular weight is 325 g/mol. The van der Waals surface area contributed by atoms with Crippen molar-refractivity contribution in [3.63, 3.8) is 0 Å². The van der Waals surface area contributed by atoms with Gasteiger partial charge in [0.15, 0.2) is 11.5 Å². The third kappa shape index (κ3) is 2.75. The summed E-state index contributed by atoms with van der Waals surface area (Å²) in [6.45, 7) is 6.06. The van der Waals surface area contributed by atoms with Crippen LogP contribution in [0.5, 0.6) is 5.75 Å². The van der Waals surface area contributed by atoms with Crippen LogP contribution in [0.15, 0.2) is 10.9 Å². The number of benzene rings is 1. The molecule has 7 nitrogen and oxygen atoms in total. The van der Waals surface area contributed by atoms with E-state index in [0.717, 1.165) is 0 Å². The fraction of sp³-hybridized carbons (Fsp3) is 0.286. The van der Waals surface area contributed by atoms with Gasteiger partial charge in [-0.15, -0.1) is 0 Å². The highest BCUT2D eigenvalue weighted by atomic mass is 32.3. The number of aromatic nitrogens is 1. The Morgan fingerprint density at radius 2 is 1.82 bits per heavy atom. The highest BCUT2D eigenvalue weighted by molar-refractivity contribution is 7.81. The molecule has 0 aliphatic carbocycles. The molecule has 22 heavy (non-hydrogen) atoms. The molecule has 2 aromatic rings. The van der Waals surface area contributed by atoms with Crippen molar-refractivity contribution in [1.29, 1.82) is 0 Å². The number of carbonyl (C=O) groups is 1. The summed E-state index contributed by atoms with van der Waals surface area (Å²) in [6.07, 6.45) is 0.